The quantitative estimate of drug-likeness (QED) is 0.694. The van der Waals surface area contributed by atoms with E-state index in [0.717, 1.165) is 4.47 Å². The number of nitriles is 1. The Balaban J connectivity index is 2.39. The summed E-state index contributed by atoms with van der Waals surface area (Å²) in [5, 5.41) is 10.0. The van der Waals surface area contributed by atoms with Crippen LogP contribution in [0.5, 0.6) is 0 Å². The number of benzene rings is 2. The van der Waals surface area contributed by atoms with E-state index in [-0.39, 0.29) is 5.78 Å². The number of carbonyl (C=O) groups is 1. The second-order valence-electron chi connectivity index (χ2n) is 4.14. The van der Waals surface area contributed by atoms with E-state index in [2.05, 4.69) is 15.9 Å². The van der Waals surface area contributed by atoms with Crippen molar-refractivity contribution in [2.75, 3.05) is 0 Å². The van der Waals surface area contributed by atoms with Crippen molar-refractivity contribution in [2.45, 2.75) is 5.92 Å². The van der Waals surface area contributed by atoms with E-state index < -0.39 is 5.92 Å². The van der Waals surface area contributed by atoms with Crippen LogP contribution in [0.1, 0.15) is 21.8 Å². The standard InChI is InChI=1S/C15H8BrCl2NO/c16-11-3-1-9(2-4-11)14(8-19)15(20)10-5-12(17)7-13(18)6-10/h1-7,14H. The lowest BCUT2D eigenvalue weighted by molar-refractivity contribution is 0.0979. The highest BCUT2D eigenvalue weighted by molar-refractivity contribution is 9.10. The number of ketones is 1. The Kier molecular flexibility index (Phi) is 4.82. The first-order chi connectivity index (χ1) is 9.51. The number of rotatable bonds is 3. The first-order valence-electron chi connectivity index (χ1n) is 5.66. The molecule has 0 saturated carbocycles. The van der Waals surface area contributed by atoms with Crippen LogP contribution < -0.4 is 0 Å². The maximum atomic E-state index is 12.4. The van der Waals surface area contributed by atoms with Crippen LogP contribution in [-0.4, -0.2) is 5.78 Å². The molecule has 100 valence electrons. The Morgan fingerprint density at radius 3 is 2.15 bits per heavy atom. The van der Waals surface area contributed by atoms with Crippen molar-refractivity contribution in [1.82, 2.24) is 0 Å². The van der Waals surface area contributed by atoms with Gasteiger partial charge in [-0.1, -0.05) is 51.3 Å². The molecule has 0 heterocycles. The second-order valence-corrected chi connectivity index (χ2v) is 5.92. The van der Waals surface area contributed by atoms with E-state index in [4.69, 9.17) is 23.2 Å². The van der Waals surface area contributed by atoms with Gasteiger partial charge in [-0.25, -0.2) is 0 Å². The molecule has 0 aliphatic heterocycles. The lowest BCUT2D eigenvalue weighted by Crippen LogP contribution is -2.11. The number of nitrogens with zero attached hydrogens (tertiary/aromatic N) is 1. The molecule has 1 atom stereocenters. The predicted molar refractivity (Wildman–Crippen MR) is 83.3 cm³/mol. The van der Waals surface area contributed by atoms with Crippen molar-refractivity contribution in [2.24, 2.45) is 0 Å². The van der Waals surface area contributed by atoms with Gasteiger partial charge in [-0.05, 0) is 35.9 Å². The Labute approximate surface area is 135 Å². The van der Waals surface area contributed by atoms with E-state index in [1.807, 2.05) is 6.07 Å². The van der Waals surface area contributed by atoms with Crippen LogP contribution in [0.2, 0.25) is 10.0 Å². The molecule has 5 heteroatoms. The molecule has 0 N–H and O–H groups in total. The molecule has 1 unspecified atom stereocenters. The van der Waals surface area contributed by atoms with E-state index in [1.165, 1.54) is 12.1 Å². The summed E-state index contributed by atoms with van der Waals surface area (Å²) in [7, 11) is 0. The van der Waals surface area contributed by atoms with Crippen molar-refractivity contribution in [3.05, 3.63) is 68.1 Å². The fourth-order valence-electron chi connectivity index (χ4n) is 1.80. The number of carbonyl (C=O) groups excluding carboxylic acids is 1. The number of hydrogen-bond donors (Lipinski definition) is 0. The fourth-order valence-corrected chi connectivity index (χ4v) is 2.59. The average Bonchev–Trinajstić information content (AvgIpc) is 2.40. The van der Waals surface area contributed by atoms with Gasteiger partial charge in [-0.2, -0.15) is 5.26 Å². The monoisotopic (exact) mass is 367 g/mol. The maximum Gasteiger partial charge on any atom is 0.184 e. The van der Waals surface area contributed by atoms with Crippen LogP contribution in [0.25, 0.3) is 0 Å². The zero-order chi connectivity index (χ0) is 14.7. The Bertz CT molecular complexity index is 672. The summed E-state index contributed by atoms with van der Waals surface area (Å²) >= 11 is 15.1. The molecular weight excluding hydrogens is 361 g/mol. The normalized spacial score (nSPS) is 11.7. The van der Waals surface area contributed by atoms with Gasteiger partial charge in [0.2, 0.25) is 0 Å². The number of halogens is 3. The summed E-state index contributed by atoms with van der Waals surface area (Å²) in [6, 6.07) is 13.6. The zero-order valence-corrected chi connectivity index (χ0v) is 13.2. The minimum Gasteiger partial charge on any atom is -0.292 e. The summed E-state index contributed by atoms with van der Waals surface area (Å²) in [4.78, 5) is 12.4. The predicted octanol–water partition coefficient (Wildman–Crippen LogP) is 5.25. The van der Waals surface area contributed by atoms with Gasteiger partial charge in [0.05, 0.1) is 6.07 Å². The van der Waals surface area contributed by atoms with Gasteiger partial charge in [0.1, 0.15) is 5.92 Å². The third kappa shape index (κ3) is 3.40. The molecular formula is C15H8BrCl2NO. The zero-order valence-electron chi connectivity index (χ0n) is 10.1. The van der Waals surface area contributed by atoms with Gasteiger partial charge in [0.25, 0.3) is 0 Å². The molecule has 20 heavy (non-hydrogen) atoms. The maximum absolute atomic E-state index is 12.4. The Morgan fingerprint density at radius 1 is 1.10 bits per heavy atom. The molecule has 2 aromatic rings. The van der Waals surface area contributed by atoms with Gasteiger partial charge >= 0.3 is 0 Å². The molecule has 0 saturated heterocycles. The fraction of sp³-hybridized carbons (Fsp3) is 0.0667. The van der Waals surface area contributed by atoms with Crippen molar-refractivity contribution in [3.63, 3.8) is 0 Å². The Hall–Kier alpha value is -1.34. The highest BCUT2D eigenvalue weighted by atomic mass is 79.9. The van der Waals surface area contributed by atoms with Crippen LogP contribution in [0.3, 0.4) is 0 Å². The van der Waals surface area contributed by atoms with Crippen molar-refractivity contribution in [3.8, 4) is 6.07 Å². The highest BCUT2D eigenvalue weighted by Gasteiger charge is 2.22. The van der Waals surface area contributed by atoms with Crippen LogP contribution in [0, 0.1) is 11.3 Å². The molecule has 0 amide bonds. The molecule has 0 spiro atoms. The lowest BCUT2D eigenvalue weighted by Gasteiger charge is -2.09. The summed E-state index contributed by atoms with van der Waals surface area (Å²) in [6.45, 7) is 0. The molecule has 2 aromatic carbocycles. The van der Waals surface area contributed by atoms with E-state index in [1.54, 1.807) is 30.3 Å². The summed E-state index contributed by atoms with van der Waals surface area (Å²) in [5.74, 6) is -1.20. The van der Waals surface area contributed by atoms with E-state index in [0.29, 0.717) is 21.2 Å². The summed E-state index contributed by atoms with van der Waals surface area (Å²) < 4.78 is 0.885. The minimum absolute atomic E-state index is 0.320. The van der Waals surface area contributed by atoms with Crippen molar-refractivity contribution in [1.29, 1.82) is 5.26 Å². The summed E-state index contributed by atoms with van der Waals surface area (Å²) in [5.41, 5.74) is 0.966. The van der Waals surface area contributed by atoms with Crippen LogP contribution in [0.4, 0.5) is 0 Å². The first-order valence-corrected chi connectivity index (χ1v) is 7.21. The molecule has 0 radical (unpaired) electrons. The highest BCUT2D eigenvalue weighted by Crippen LogP contribution is 2.26. The van der Waals surface area contributed by atoms with Gasteiger partial charge in [0.15, 0.2) is 5.78 Å². The molecule has 2 rings (SSSR count). The van der Waals surface area contributed by atoms with Crippen molar-refractivity contribution >= 4 is 44.9 Å². The largest absolute Gasteiger partial charge is 0.292 e. The smallest absolute Gasteiger partial charge is 0.184 e. The lowest BCUT2D eigenvalue weighted by atomic mass is 9.92. The third-order valence-corrected chi connectivity index (χ3v) is 3.71. The molecule has 0 bridgehead atoms. The minimum atomic E-state index is -0.877. The van der Waals surface area contributed by atoms with Crippen LogP contribution in [0.15, 0.2) is 46.9 Å². The second kappa shape index (κ2) is 6.41. The first kappa shape index (κ1) is 15.1. The summed E-state index contributed by atoms with van der Waals surface area (Å²) in [6.07, 6.45) is 0. The molecule has 0 aliphatic rings. The van der Waals surface area contributed by atoms with E-state index >= 15 is 0 Å². The van der Waals surface area contributed by atoms with Crippen molar-refractivity contribution < 1.29 is 4.79 Å². The van der Waals surface area contributed by atoms with Crippen LogP contribution in [-0.2, 0) is 0 Å². The molecule has 0 aromatic heterocycles. The number of Topliss-reactive ketones (excluding diaryl/α,β-unsaturated/α-hetero) is 1. The van der Waals surface area contributed by atoms with Gasteiger partial charge in [-0.3, -0.25) is 4.79 Å². The molecule has 2 nitrogen and oxygen atoms in total. The SMILES string of the molecule is N#CC(C(=O)c1cc(Cl)cc(Cl)c1)c1ccc(Br)cc1. The molecule has 0 aliphatic carbocycles. The topological polar surface area (TPSA) is 40.9 Å². The van der Waals surface area contributed by atoms with E-state index in [9.17, 15) is 10.1 Å². The molecule has 0 fully saturated rings. The average molecular weight is 369 g/mol. The van der Waals surface area contributed by atoms with Crippen LogP contribution >= 0.6 is 39.1 Å². The van der Waals surface area contributed by atoms with Gasteiger partial charge in [0, 0.05) is 20.1 Å². The third-order valence-electron chi connectivity index (χ3n) is 2.74. The van der Waals surface area contributed by atoms with Gasteiger partial charge in [-0.15, -0.1) is 0 Å². The Morgan fingerprint density at radius 2 is 1.65 bits per heavy atom. The number of hydrogen-bond acceptors (Lipinski definition) is 2. The van der Waals surface area contributed by atoms with Gasteiger partial charge < -0.3 is 0 Å².